The Hall–Kier alpha value is -4.26. The normalized spacial score (nSPS) is 11.6. The van der Waals surface area contributed by atoms with Crippen LogP contribution >= 0.6 is 11.8 Å². The molecule has 0 aliphatic heterocycles. The summed E-state index contributed by atoms with van der Waals surface area (Å²) in [7, 11) is 0. The summed E-state index contributed by atoms with van der Waals surface area (Å²) in [5.74, 6) is -0.950. The van der Waals surface area contributed by atoms with Crippen molar-refractivity contribution in [2.75, 3.05) is 25.2 Å². The van der Waals surface area contributed by atoms with E-state index in [1.807, 2.05) is 54.7 Å². The van der Waals surface area contributed by atoms with Crippen molar-refractivity contribution in [1.29, 1.82) is 0 Å². The average molecular weight is 765 g/mol. The molecule has 0 bridgehead atoms. The summed E-state index contributed by atoms with van der Waals surface area (Å²) in [6.07, 6.45) is 5.31. The van der Waals surface area contributed by atoms with Gasteiger partial charge in [0.1, 0.15) is 29.0 Å². The molecule has 2 amide bonds. The first-order valence-corrected chi connectivity index (χ1v) is 19.9. The summed E-state index contributed by atoms with van der Waals surface area (Å²) in [5.41, 5.74) is 1.30. The van der Waals surface area contributed by atoms with Crippen LogP contribution in [0.1, 0.15) is 106 Å². The van der Waals surface area contributed by atoms with Crippen LogP contribution < -0.4 is 20.1 Å². The molecule has 0 radical (unpaired) electrons. The van der Waals surface area contributed by atoms with Gasteiger partial charge in [0.15, 0.2) is 0 Å². The van der Waals surface area contributed by atoms with E-state index in [2.05, 4.69) is 10.6 Å². The number of thioether (sulfide) groups is 1. The molecule has 0 aromatic heterocycles. The Bertz CT molecular complexity index is 1390. The number of nitrogens with one attached hydrogen (secondary N) is 2. The zero-order chi connectivity index (χ0) is 40.9. The van der Waals surface area contributed by atoms with Gasteiger partial charge in [-0.3, -0.25) is 19.2 Å². The van der Waals surface area contributed by atoms with Gasteiger partial charge < -0.3 is 35.1 Å². The van der Waals surface area contributed by atoms with Gasteiger partial charge in [-0.25, -0.2) is 4.79 Å². The van der Waals surface area contributed by atoms with E-state index in [1.165, 1.54) is 32.0 Å². The van der Waals surface area contributed by atoms with E-state index in [4.69, 9.17) is 14.2 Å². The molecule has 2 rings (SSSR count). The molecular weight excluding hydrogens is 701 g/mol. The van der Waals surface area contributed by atoms with Crippen LogP contribution in [0.2, 0.25) is 0 Å². The van der Waals surface area contributed by atoms with E-state index in [9.17, 15) is 34.2 Å². The summed E-state index contributed by atoms with van der Waals surface area (Å²) in [5, 5.41) is 24.9. The molecule has 0 saturated heterocycles. The Kier molecular flexibility index (Phi) is 29.0. The third kappa shape index (κ3) is 21.1. The Morgan fingerprint density at radius 1 is 0.774 bits per heavy atom. The molecule has 0 spiro atoms. The van der Waals surface area contributed by atoms with Crippen LogP contribution in [0.5, 0.6) is 23.0 Å². The van der Waals surface area contributed by atoms with Crippen molar-refractivity contribution in [2.45, 2.75) is 114 Å². The second-order valence-corrected chi connectivity index (χ2v) is 12.3. The lowest BCUT2D eigenvalue weighted by Crippen LogP contribution is -2.45. The van der Waals surface area contributed by atoms with Gasteiger partial charge in [-0.15, -0.1) is 0 Å². The largest absolute Gasteiger partial charge is 0.508 e. The molecule has 0 aliphatic rings. The fourth-order valence-electron chi connectivity index (χ4n) is 4.69. The van der Waals surface area contributed by atoms with Crippen molar-refractivity contribution in [2.24, 2.45) is 11.8 Å². The van der Waals surface area contributed by atoms with Gasteiger partial charge in [-0.2, -0.15) is 11.8 Å². The van der Waals surface area contributed by atoms with Crippen LogP contribution in [-0.2, 0) is 41.6 Å². The number of aromatic hydroxyl groups is 2. The minimum atomic E-state index is -0.664. The van der Waals surface area contributed by atoms with E-state index in [-0.39, 0.29) is 41.8 Å². The van der Waals surface area contributed by atoms with Crippen molar-refractivity contribution in [3.8, 4) is 23.0 Å². The highest BCUT2D eigenvalue weighted by molar-refractivity contribution is 7.98. The van der Waals surface area contributed by atoms with Gasteiger partial charge in [0.25, 0.3) is 0 Å². The number of ether oxygens (including phenoxy) is 3. The molecule has 12 nitrogen and oxygen atoms in total. The van der Waals surface area contributed by atoms with Crippen molar-refractivity contribution in [1.82, 2.24) is 10.6 Å². The minimum Gasteiger partial charge on any atom is -0.508 e. The number of phenolic OH excluding ortho intramolecular Hbond substituents is 2. The van der Waals surface area contributed by atoms with E-state index >= 15 is 0 Å². The van der Waals surface area contributed by atoms with Gasteiger partial charge >= 0.3 is 17.9 Å². The Balaban J connectivity index is 0. The first kappa shape index (κ1) is 50.8. The summed E-state index contributed by atoms with van der Waals surface area (Å²) in [4.78, 5) is 59.2. The van der Waals surface area contributed by atoms with Crippen LogP contribution in [0.3, 0.4) is 0 Å². The number of hydrogen-bond acceptors (Lipinski definition) is 11. The standard InChI is InChI=1S/C18H27NO5S.C18H25NO5.2C2H6/c1-4-12(10-13-6-7-14(20)11-16(13)21)17(22)19-15(8-9-25-3)18(23)24-5-2;1-5-9-19-18(22)14(6-2)10-15-7-8-16(23-12(3)20)11-17(15)24-13(4)21;2*1-2/h6-7,11-12,15,20-21H,4-5,8-10H2,1-3H3,(H,19,22);7-8,11,14H,5-6,9-10H2,1-4H3,(H,19,22);2*1-2H3. The number of esters is 3. The highest BCUT2D eigenvalue weighted by Gasteiger charge is 2.26. The fraction of sp³-hybridized carbons (Fsp3) is 0.575. The molecule has 13 heteroatoms. The van der Waals surface area contributed by atoms with Crippen LogP contribution in [0.15, 0.2) is 36.4 Å². The van der Waals surface area contributed by atoms with Crippen molar-refractivity contribution in [3.63, 3.8) is 0 Å². The van der Waals surface area contributed by atoms with E-state index in [0.717, 1.165) is 17.7 Å². The fourth-order valence-corrected chi connectivity index (χ4v) is 5.16. The molecule has 0 aliphatic carbocycles. The first-order valence-electron chi connectivity index (χ1n) is 18.5. The molecule has 2 aromatic carbocycles. The summed E-state index contributed by atoms with van der Waals surface area (Å²) < 4.78 is 15.3. The maximum atomic E-state index is 12.6. The molecule has 0 heterocycles. The molecule has 3 unspecified atom stereocenters. The van der Waals surface area contributed by atoms with Gasteiger partial charge in [-0.05, 0) is 80.7 Å². The first-order chi connectivity index (χ1) is 25.3. The second kappa shape index (κ2) is 30.2. The van der Waals surface area contributed by atoms with E-state index in [1.54, 1.807) is 36.9 Å². The monoisotopic (exact) mass is 764 g/mol. The van der Waals surface area contributed by atoms with Crippen molar-refractivity contribution < 1.29 is 48.4 Å². The lowest BCUT2D eigenvalue weighted by molar-refractivity contribution is -0.148. The minimum absolute atomic E-state index is 0.0165. The maximum absolute atomic E-state index is 12.6. The summed E-state index contributed by atoms with van der Waals surface area (Å²) in [6.45, 7) is 19.0. The van der Waals surface area contributed by atoms with Gasteiger partial charge in [0.2, 0.25) is 11.8 Å². The molecule has 4 N–H and O–H groups in total. The number of rotatable bonds is 18. The third-order valence-electron chi connectivity index (χ3n) is 7.33. The van der Waals surface area contributed by atoms with Crippen LogP contribution in [0, 0.1) is 11.8 Å². The number of carbonyl (C=O) groups excluding carboxylic acids is 5. The van der Waals surface area contributed by atoms with Crippen molar-refractivity contribution >= 4 is 41.5 Å². The predicted octanol–water partition coefficient (Wildman–Crippen LogP) is 7.15. The van der Waals surface area contributed by atoms with Gasteiger partial charge in [-0.1, -0.05) is 60.6 Å². The molecule has 2 aromatic rings. The van der Waals surface area contributed by atoms with Crippen LogP contribution in [0.4, 0.5) is 0 Å². The second-order valence-electron chi connectivity index (χ2n) is 11.3. The van der Waals surface area contributed by atoms with Gasteiger partial charge in [0.05, 0.1) is 6.61 Å². The molecule has 0 saturated carbocycles. The number of benzene rings is 2. The highest BCUT2D eigenvalue weighted by atomic mass is 32.2. The topological polar surface area (TPSA) is 178 Å². The Morgan fingerprint density at radius 3 is 1.85 bits per heavy atom. The maximum Gasteiger partial charge on any atom is 0.328 e. The molecular formula is C40H64N2O10S. The molecule has 53 heavy (non-hydrogen) atoms. The zero-order valence-corrected chi connectivity index (χ0v) is 34.4. The average Bonchev–Trinajstić information content (AvgIpc) is 3.13. The predicted molar refractivity (Wildman–Crippen MR) is 211 cm³/mol. The SMILES string of the molecule is CC.CC.CCCNC(=O)C(CC)Cc1ccc(OC(C)=O)cc1OC(C)=O.CCOC(=O)C(CCSC)NC(=O)C(CC)Cc1ccc(O)cc1O. The Labute approximate surface area is 321 Å². The Morgan fingerprint density at radius 2 is 1.34 bits per heavy atom. The smallest absolute Gasteiger partial charge is 0.328 e. The number of hydrogen-bond donors (Lipinski definition) is 4. The summed E-state index contributed by atoms with van der Waals surface area (Å²) >= 11 is 1.60. The molecule has 3 atom stereocenters. The quantitative estimate of drug-likeness (QED) is 0.0895. The highest BCUT2D eigenvalue weighted by Crippen LogP contribution is 2.29. The summed E-state index contributed by atoms with van der Waals surface area (Å²) in [6, 6.07) is 8.49. The lowest BCUT2D eigenvalue weighted by Gasteiger charge is -2.21. The van der Waals surface area contributed by atoms with E-state index in [0.29, 0.717) is 55.7 Å². The van der Waals surface area contributed by atoms with Crippen LogP contribution in [-0.4, -0.2) is 71.1 Å². The van der Waals surface area contributed by atoms with Gasteiger partial charge in [0, 0.05) is 44.4 Å². The lowest BCUT2D eigenvalue weighted by atomic mass is 9.95. The zero-order valence-electron chi connectivity index (χ0n) is 33.6. The van der Waals surface area contributed by atoms with E-state index < -0.39 is 23.9 Å². The van der Waals surface area contributed by atoms with Crippen LogP contribution in [0.25, 0.3) is 0 Å². The number of phenols is 2. The third-order valence-corrected chi connectivity index (χ3v) is 7.97. The molecule has 0 fully saturated rings. The number of amides is 2. The van der Waals surface area contributed by atoms with Crippen molar-refractivity contribution in [3.05, 3.63) is 47.5 Å². The molecule has 300 valence electrons. The number of carbonyl (C=O) groups is 5.